The number of imidazole rings is 1. The van der Waals surface area contributed by atoms with E-state index in [2.05, 4.69) is 39.4 Å². The zero-order chi connectivity index (χ0) is 22.5. The minimum atomic E-state index is -0.0137. The van der Waals surface area contributed by atoms with E-state index in [4.69, 9.17) is 4.74 Å². The van der Waals surface area contributed by atoms with Crippen LogP contribution in [-0.2, 0) is 0 Å². The van der Waals surface area contributed by atoms with E-state index >= 15 is 0 Å². The zero-order valence-electron chi connectivity index (χ0n) is 19.2. The predicted molar refractivity (Wildman–Crippen MR) is 128 cm³/mol. The van der Waals surface area contributed by atoms with E-state index in [1.54, 1.807) is 11.6 Å². The van der Waals surface area contributed by atoms with Crippen LogP contribution in [-0.4, -0.2) is 43.8 Å². The zero-order valence-corrected chi connectivity index (χ0v) is 19.2. The molecule has 0 unspecified atom stereocenters. The van der Waals surface area contributed by atoms with Gasteiger partial charge in [-0.25, -0.2) is 14.3 Å². The minimum Gasteiger partial charge on any atom is -0.493 e. The molecule has 3 aromatic heterocycles. The van der Waals surface area contributed by atoms with Gasteiger partial charge in [-0.2, -0.15) is 5.10 Å². The van der Waals surface area contributed by atoms with E-state index in [0.717, 1.165) is 65.9 Å². The first-order valence-corrected chi connectivity index (χ1v) is 12.0. The van der Waals surface area contributed by atoms with Gasteiger partial charge in [-0.3, -0.25) is 4.57 Å². The van der Waals surface area contributed by atoms with Crippen LogP contribution in [0.15, 0.2) is 35.5 Å². The molecule has 6 rings (SSSR count). The number of hydrogen-bond acceptors (Lipinski definition) is 5. The highest BCUT2D eigenvalue weighted by molar-refractivity contribution is 5.85. The lowest BCUT2D eigenvalue weighted by atomic mass is 9.90. The summed E-state index contributed by atoms with van der Waals surface area (Å²) >= 11 is 0. The molecule has 0 radical (unpaired) electrons. The van der Waals surface area contributed by atoms with E-state index in [-0.39, 0.29) is 11.7 Å². The second-order valence-electron chi connectivity index (χ2n) is 9.67. The highest BCUT2D eigenvalue weighted by Gasteiger charge is 2.27. The number of aromatic amines is 1. The summed E-state index contributed by atoms with van der Waals surface area (Å²) in [4.78, 5) is 20.4. The van der Waals surface area contributed by atoms with Gasteiger partial charge in [0.25, 0.3) is 0 Å². The first-order chi connectivity index (χ1) is 16.1. The van der Waals surface area contributed by atoms with Gasteiger partial charge in [0.2, 0.25) is 0 Å². The molecule has 8 nitrogen and oxygen atoms in total. The third-order valence-electron chi connectivity index (χ3n) is 7.39. The Morgan fingerprint density at radius 3 is 2.73 bits per heavy atom. The number of aryl methyl sites for hydroxylation is 1. The van der Waals surface area contributed by atoms with Gasteiger partial charge in [-0.15, -0.1) is 0 Å². The molecule has 2 aliphatic carbocycles. The highest BCUT2D eigenvalue weighted by Crippen LogP contribution is 2.35. The van der Waals surface area contributed by atoms with Crippen LogP contribution in [0.25, 0.3) is 27.8 Å². The Bertz CT molecular complexity index is 1370. The summed E-state index contributed by atoms with van der Waals surface area (Å²) in [6.45, 7) is 3.25. The third kappa shape index (κ3) is 3.72. The summed E-state index contributed by atoms with van der Waals surface area (Å²) in [6, 6.07) is 7.03. The smallest absolute Gasteiger partial charge is 0.326 e. The molecular formula is C25H30N6O2. The maximum Gasteiger partial charge on any atom is 0.326 e. The SMILES string of the molecule is COc1cc(-c2cc3[nH]c(=O)n([C@H]4CC[C@@H](NCC5CC5)CC4)c3cc2C)cn2ncnc12. The van der Waals surface area contributed by atoms with Gasteiger partial charge >= 0.3 is 5.69 Å². The van der Waals surface area contributed by atoms with Crippen molar-refractivity contribution in [3.8, 4) is 16.9 Å². The van der Waals surface area contributed by atoms with E-state index in [1.165, 1.54) is 19.2 Å². The number of ether oxygens (including phenoxy) is 1. The van der Waals surface area contributed by atoms with Crippen LogP contribution in [0.5, 0.6) is 5.75 Å². The summed E-state index contributed by atoms with van der Waals surface area (Å²) in [5, 5.41) is 8.01. The standard InChI is InChI=1S/C25H30N6O2/c1-15-9-22-21(11-20(15)17-10-23(33-2)24-27-14-28-30(24)13-17)29-25(32)31(22)19-7-5-18(6-8-19)26-12-16-3-4-16/h9-11,13-14,16,18-19,26H,3-8,12H2,1-2H3,(H,29,32)/t18-,19+. The molecule has 2 fully saturated rings. The number of H-pyrrole nitrogens is 1. The molecule has 0 amide bonds. The first kappa shape index (κ1) is 20.5. The fourth-order valence-corrected chi connectivity index (χ4v) is 5.34. The Morgan fingerprint density at radius 1 is 1.15 bits per heavy atom. The van der Waals surface area contributed by atoms with Crippen LogP contribution in [0.4, 0.5) is 0 Å². The summed E-state index contributed by atoms with van der Waals surface area (Å²) in [5.41, 5.74) is 5.65. The molecule has 0 atom stereocenters. The van der Waals surface area contributed by atoms with Crippen molar-refractivity contribution in [3.63, 3.8) is 0 Å². The van der Waals surface area contributed by atoms with E-state index in [0.29, 0.717) is 17.4 Å². The molecule has 8 heteroatoms. The Morgan fingerprint density at radius 2 is 1.97 bits per heavy atom. The highest BCUT2D eigenvalue weighted by atomic mass is 16.5. The second kappa shape index (κ2) is 8.02. The topological polar surface area (TPSA) is 89.2 Å². The third-order valence-corrected chi connectivity index (χ3v) is 7.39. The van der Waals surface area contributed by atoms with Crippen LogP contribution in [0.1, 0.15) is 50.1 Å². The van der Waals surface area contributed by atoms with Crippen molar-refractivity contribution < 1.29 is 4.74 Å². The number of benzene rings is 1. The average molecular weight is 447 g/mol. The number of aromatic nitrogens is 5. The molecule has 0 spiro atoms. The lowest BCUT2D eigenvalue weighted by Gasteiger charge is -2.30. The molecule has 3 heterocycles. The second-order valence-corrected chi connectivity index (χ2v) is 9.67. The summed E-state index contributed by atoms with van der Waals surface area (Å²) in [6.07, 6.45) is 10.6. The summed E-state index contributed by atoms with van der Waals surface area (Å²) < 4.78 is 9.24. The molecule has 2 aliphatic rings. The Labute approximate surface area is 192 Å². The summed E-state index contributed by atoms with van der Waals surface area (Å²) in [7, 11) is 1.64. The van der Waals surface area contributed by atoms with Crippen molar-refractivity contribution in [1.29, 1.82) is 0 Å². The number of nitrogens with one attached hydrogen (secondary N) is 2. The predicted octanol–water partition coefficient (Wildman–Crippen LogP) is 3.84. The Kier molecular flexibility index (Phi) is 4.98. The molecule has 33 heavy (non-hydrogen) atoms. The van der Waals surface area contributed by atoms with Crippen LogP contribution in [0.2, 0.25) is 0 Å². The van der Waals surface area contributed by atoms with E-state index < -0.39 is 0 Å². The molecule has 0 bridgehead atoms. The lowest BCUT2D eigenvalue weighted by Crippen LogP contribution is -2.36. The number of methoxy groups -OCH3 is 1. The molecule has 172 valence electrons. The fourth-order valence-electron chi connectivity index (χ4n) is 5.34. The largest absolute Gasteiger partial charge is 0.493 e. The van der Waals surface area contributed by atoms with Gasteiger partial charge in [0.15, 0.2) is 11.4 Å². The van der Waals surface area contributed by atoms with Crippen molar-refractivity contribution >= 4 is 16.7 Å². The van der Waals surface area contributed by atoms with Gasteiger partial charge in [0.05, 0.1) is 18.1 Å². The van der Waals surface area contributed by atoms with E-state index in [1.807, 2.05) is 16.8 Å². The van der Waals surface area contributed by atoms with Gasteiger partial charge in [0.1, 0.15) is 6.33 Å². The minimum absolute atomic E-state index is 0.0137. The van der Waals surface area contributed by atoms with Crippen LogP contribution < -0.4 is 15.7 Å². The van der Waals surface area contributed by atoms with Gasteiger partial charge in [-0.05, 0) is 87.2 Å². The van der Waals surface area contributed by atoms with Gasteiger partial charge in [-0.1, -0.05) is 0 Å². The number of rotatable bonds is 6. The first-order valence-electron chi connectivity index (χ1n) is 12.0. The molecule has 0 saturated heterocycles. The van der Waals surface area contributed by atoms with Crippen molar-refractivity contribution in [3.05, 3.63) is 46.8 Å². The van der Waals surface area contributed by atoms with Crippen molar-refractivity contribution in [2.24, 2.45) is 5.92 Å². The van der Waals surface area contributed by atoms with Crippen molar-refractivity contribution in [2.75, 3.05) is 13.7 Å². The maximum atomic E-state index is 13.0. The van der Waals surface area contributed by atoms with Gasteiger partial charge in [0, 0.05) is 23.8 Å². The number of nitrogens with zero attached hydrogens (tertiary/aromatic N) is 4. The van der Waals surface area contributed by atoms with Crippen molar-refractivity contribution in [1.82, 2.24) is 29.5 Å². The summed E-state index contributed by atoms with van der Waals surface area (Å²) in [5.74, 6) is 1.57. The fraction of sp³-hybridized carbons (Fsp3) is 0.480. The normalized spacial score (nSPS) is 21.2. The van der Waals surface area contributed by atoms with E-state index in [9.17, 15) is 4.79 Å². The average Bonchev–Trinajstić information content (AvgIpc) is 3.43. The molecule has 2 saturated carbocycles. The lowest BCUT2D eigenvalue weighted by molar-refractivity contribution is 0.289. The molecule has 2 N–H and O–H groups in total. The monoisotopic (exact) mass is 446 g/mol. The molecule has 0 aliphatic heterocycles. The van der Waals surface area contributed by atoms with Crippen molar-refractivity contribution in [2.45, 2.75) is 57.5 Å². The Hall–Kier alpha value is -3.13. The number of hydrogen-bond donors (Lipinski definition) is 2. The quantitative estimate of drug-likeness (QED) is 0.470. The molecule has 1 aromatic carbocycles. The molecular weight excluding hydrogens is 416 g/mol. The van der Waals surface area contributed by atoms with Crippen LogP contribution >= 0.6 is 0 Å². The number of pyridine rings is 1. The van der Waals surface area contributed by atoms with Crippen LogP contribution in [0, 0.1) is 12.8 Å². The maximum absolute atomic E-state index is 13.0. The Balaban J connectivity index is 1.31. The molecule has 4 aromatic rings. The number of fused-ring (bicyclic) bond motifs is 2. The van der Waals surface area contributed by atoms with Crippen LogP contribution in [0.3, 0.4) is 0 Å². The van der Waals surface area contributed by atoms with Gasteiger partial charge < -0.3 is 15.0 Å².